The molecule has 3 aromatic rings. The maximum atomic E-state index is 13.4. The maximum absolute atomic E-state index is 13.4. The van der Waals surface area contributed by atoms with Gasteiger partial charge in [-0.05, 0) is 49.1 Å². The van der Waals surface area contributed by atoms with Gasteiger partial charge in [-0.2, -0.15) is 0 Å². The number of benzene rings is 3. The molecule has 1 aliphatic rings. The number of carbonyl (C=O) groups is 2. The fraction of sp³-hybridized carbons (Fsp3) is 0.231. The van der Waals surface area contributed by atoms with Gasteiger partial charge in [0.15, 0.2) is 0 Å². The van der Waals surface area contributed by atoms with Crippen molar-refractivity contribution in [2.24, 2.45) is 0 Å². The summed E-state index contributed by atoms with van der Waals surface area (Å²) in [5.41, 5.74) is 3.93. The first-order chi connectivity index (χ1) is 17.0. The van der Waals surface area contributed by atoms with Crippen LogP contribution in [-0.2, 0) is 4.79 Å². The van der Waals surface area contributed by atoms with Crippen LogP contribution >= 0.6 is 46.4 Å². The van der Waals surface area contributed by atoms with E-state index in [1.165, 1.54) is 35.4 Å². The van der Waals surface area contributed by atoms with E-state index in [-0.39, 0.29) is 15.6 Å². The number of aryl methyl sites for hydroxylation is 1. The Bertz CT molecular complexity index is 1270. The number of aliphatic carboxylic acids is 1. The molecule has 1 aliphatic heterocycles. The number of rotatable bonds is 4. The van der Waals surface area contributed by atoms with E-state index in [1.807, 2.05) is 12.1 Å². The highest BCUT2D eigenvalue weighted by Crippen LogP contribution is 2.46. The van der Waals surface area contributed by atoms with E-state index in [9.17, 15) is 14.0 Å². The van der Waals surface area contributed by atoms with E-state index >= 15 is 0 Å². The molecule has 0 radical (unpaired) electrons. The van der Waals surface area contributed by atoms with Crippen molar-refractivity contribution < 1.29 is 23.8 Å². The Kier molecular flexibility index (Phi) is 9.47. The van der Waals surface area contributed by atoms with E-state index in [1.54, 1.807) is 6.07 Å². The van der Waals surface area contributed by atoms with Gasteiger partial charge >= 0.3 is 5.97 Å². The van der Waals surface area contributed by atoms with Gasteiger partial charge < -0.3 is 15.2 Å². The molecule has 0 saturated carbocycles. The summed E-state index contributed by atoms with van der Waals surface area (Å²) in [6, 6.07) is 11.1. The fourth-order valence-electron chi connectivity index (χ4n) is 3.90. The second-order valence-corrected chi connectivity index (χ2v) is 9.76. The zero-order valence-electron chi connectivity index (χ0n) is 19.3. The average molecular weight is 573 g/mol. The van der Waals surface area contributed by atoms with Gasteiger partial charge in [0.1, 0.15) is 18.1 Å². The van der Waals surface area contributed by atoms with Crippen LogP contribution in [-0.4, -0.2) is 30.1 Å². The van der Waals surface area contributed by atoms with Crippen molar-refractivity contribution in [2.45, 2.75) is 26.2 Å². The number of carbonyl (C=O) groups excluding carboxylic acids is 1. The normalized spacial score (nSPS) is 14.1. The maximum Gasteiger partial charge on any atom is 0.322 e. The Morgan fingerprint density at radius 1 is 1.06 bits per heavy atom. The van der Waals surface area contributed by atoms with Crippen LogP contribution in [0, 0.1) is 12.7 Å². The summed E-state index contributed by atoms with van der Waals surface area (Å²) in [6.07, 6.45) is 0.988. The SMILES string of the molecule is Cc1ccc(-c2c(Cl)cc(F)cc2Cl)c2c1C(C)CCO2.O=C(O)CNC(=O)c1c(Cl)cccc1Cl. The van der Waals surface area contributed by atoms with Crippen molar-refractivity contribution in [1.82, 2.24) is 5.32 Å². The van der Waals surface area contributed by atoms with Gasteiger partial charge in [0.05, 0.1) is 32.3 Å². The van der Waals surface area contributed by atoms with Crippen LogP contribution < -0.4 is 10.1 Å². The molecule has 1 amide bonds. The molecule has 3 aromatic carbocycles. The Hall–Kier alpha value is -2.51. The van der Waals surface area contributed by atoms with E-state index in [0.29, 0.717) is 28.1 Å². The Morgan fingerprint density at radius 3 is 2.25 bits per heavy atom. The minimum Gasteiger partial charge on any atom is -0.493 e. The van der Waals surface area contributed by atoms with Crippen molar-refractivity contribution in [3.05, 3.63) is 85.1 Å². The lowest BCUT2D eigenvalue weighted by Crippen LogP contribution is -2.29. The Labute approximate surface area is 228 Å². The first-order valence-electron chi connectivity index (χ1n) is 10.9. The number of amides is 1. The molecule has 0 spiro atoms. The van der Waals surface area contributed by atoms with E-state index in [0.717, 1.165) is 17.7 Å². The number of carboxylic acid groups (broad SMARTS) is 1. The molecule has 5 nitrogen and oxygen atoms in total. The molecule has 0 fully saturated rings. The monoisotopic (exact) mass is 571 g/mol. The molecular formula is C26H22Cl4FNO4. The molecule has 1 heterocycles. The summed E-state index contributed by atoms with van der Waals surface area (Å²) in [7, 11) is 0. The van der Waals surface area contributed by atoms with E-state index in [4.69, 9.17) is 56.2 Å². The summed E-state index contributed by atoms with van der Waals surface area (Å²) in [5.74, 6) is -0.931. The molecular weight excluding hydrogens is 551 g/mol. The second kappa shape index (κ2) is 12.2. The van der Waals surface area contributed by atoms with Gasteiger partial charge in [-0.3, -0.25) is 9.59 Å². The van der Waals surface area contributed by atoms with Gasteiger partial charge in [-0.1, -0.05) is 71.5 Å². The highest BCUT2D eigenvalue weighted by atomic mass is 35.5. The number of fused-ring (bicyclic) bond motifs is 1. The second-order valence-electron chi connectivity index (χ2n) is 8.13. The van der Waals surface area contributed by atoms with Crippen molar-refractivity contribution in [2.75, 3.05) is 13.2 Å². The molecule has 0 aromatic heterocycles. The molecule has 0 aliphatic carbocycles. The van der Waals surface area contributed by atoms with E-state index in [2.05, 4.69) is 19.2 Å². The van der Waals surface area contributed by atoms with Crippen LogP contribution in [0.1, 0.15) is 40.7 Å². The average Bonchev–Trinajstić information content (AvgIpc) is 2.79. The van der Waals surface area contributed by atoms with Crippen LogP contribution in [0.5, 0.6) is 5.75 Å². The van der Waals surface area contributed by atoms with Crippen molar-refractivity contribution >= 4 is 58.3 Å². The summed E-state index contributed by atoms with van der Waals surface area (Å²) in [5, 5.41) is 11.5. The molecule has 10 heteroatoms. The van der Waals surface area contributed by atoms with Crippen LogP contribution in [0.2, 0.25) is 20.1 Å². The van der Waals surface area contributed by atoms with Crippen molar-refractivity contribution in [3.63, 3.8) is 0 Å². The molecule has 2 N–H and O–H groups in total. The summed E-state index contributed by atoms with van der Waals surface area (Å²) in [4.78, 5) is 21.7. The minimum absolute atomic E-state index is 0.0853. The third kappa shape index (κ3) is 6.43. The standard InChI is InChI=1S/C17H15Cl2FO.C9H7Cl2NO3/c1-9-3-4-12(17-15(9)10(2)5-6-21-17)16-13(18)7-11(20)8-14(16)19;10-5-2-1-3-6(11)8(5)9(15)12-4-7(13)14/h3-4,7-8,10H,5-6H2,1-2H3;1-3H,4H2,(H,12,15)(H,13,14). The zero-order valence-corrected chi connectivity index (χ0v) is 22.3. The zero-order chi connectivity index (χ0) is 26.6. The van der Waals surface area contributed by atoms with Gasteiger partial charge in [0.25, 0.3) is 5.91 Å². The highest BCUT2D eigenvalue weighted by molar-refractivity contribution is 6.40. The van der Waals surface area contributed by atoms with Crippen molar-refractivity contribution in [3.8, 4) is 16.9 Å². The highest BCUT2D eigenvalue weighted by Gasteiger charge is 2.25. The fourth-order valence-corrected chi connectivity index (χ4v) is 5.14. The third-order valence-corrected chi connectivity index (χ3v) is 6.80. The quantitative estimate of drug-likeness (QED) is 0.334. The minimum atomic E-state index is -1.13. The molecule has 36 heavy (non-hydrogen) atoms. The summed E-state index contributed by atoms with van der Waals surface area (Å²) >= 11 is 23.9. The van der Waals surface area contributed by atoms with Gasteiger partial charge in [-0.25, -0.2) is 4.39 Å². The number of ether oxygens (including phenoxy) is 1. The molecule has 190 valence electrons. The lowest BCUT2D eigenvalue weighted by molar-refractivity contribution is -0.135. The first-order valence-corrected chi connectivity index (χ1v) is 12.4. The van der Waals surface area contributed by atoms with Gasteiger partial charge in [0.2, 0.25) is 0 Å². The van der Waals surface area contributed by atoms with Crippen LogP contribution in [0.25, 0.3) is 11.1 Å². The predicted molar refractivity (Wildman–Crippen MR) is 142 cm³/mol. The van der Waals surface area contributed by atoms with Crippen LogP contribution in [0.4, 0.5) is 4.39 Å². The molecule has 0 bridgehead atoms. The Balaban J connectivity index is 0.000000214. The van der Waals surface area contributed by atoms with Crippen LogP contribution in [0.15, 0.2) is 42.5 Å². The number of hydrogen-bond donors (Lipinski definition) is 2. The summed E-state index contributed by atoms with van der Waals surface area (Å²) < 4.78 is 19.3. The predicted octanol–water partition coefficient (Wildman–Crippen LogP) is 7.80. The van der Waals surface area contributed by atoms with E-state index < -0.39 is 24.2 Å². The molecule has 4 rings (SSSR count). The lowest BCUT2D eigenvalue weighted by Gasteiger charge is -2.27. The third-order valence-electron chi connectivity index (χ3n) is 5.57. The first kappa shape index (κ1) is 28.1. The molecule has 1 unspecified atom stereocenters. The van der Waals surface area contributed by atoms with Gasteiger partial charge in [0, 0.05) is 16.7 Å². The molecule has 0 saturated heterocycles. The summed E-state index contributed by atoms with van der Waals surface area (Å²) in [6.45, 7) is 4.45. The number of hydrogen-bond acceptors (Lipinski definition) is 3. The number of halogens is 5. The topological polar surface area (TPSA) is 75.6 Å². The van der Waals surface area contributed by atoms with Crippen LogP contribution in [0.3, 0.4) is 0 Å². The smallest absolute Gasteiger partial charge is 0.322 e. The van der Waals surface area contributed by atoms with Gasteiger partial charge in [-0.15, -0.1) is 0 Å². The van der Waals surface area contributed by atoms with Crippen molar-refractivity contribution in [1.29, 1.82) is 0 Å². The molecule has 1 atom stereocenters. The number of carboxylic acids is 1. The number of nitrogens with one attached hydrogen (secondary N) is 1. The largest absolute Gasteiger partial charge is 0.493 e. The lowest BCUT2D eigenvalue weighted by atomic mass is 9.87. The Morgan fingerprint density at radius 2 is 1.67 bits per heavy atom.